The van der Waals surface area contributed by atoms with Crippen molar-refractivity contribution in [3.63, 3.8) is 0 Å². The summed E-state index contributed by atoms with van der Waals surface area (Å²) < 4.78 is 7.98. The summed E-state index contributed by atoms with van der Waals surface area (Å²) in [7, 11) is 0. The molecule has 4 atom stereocenters. The molecule has 9 rings (SSSR count). The van der Waals surface area contributed by atoms with E-state index in [4.69, 9.17) is 4.74 Å². The first kappa shape index (κ1) is 61.6. The fraction of sp³-hybridized carbons (Fsp3) is 0.516. The van der Waals surface area contributed by atoms with Gasteiger partial charge in [-0.1, -0.05) is 92.7 Å². The number of rotatable bonds is 24. The van der Waals surface area contributed by atoms with Crippen molar-refractivity contribution in [1.82, 2.24) is 45.6 Å². The number of hydrogen-bond acceptors (Lipinski definition) is 14. The SMILES string of the molecule is CCn1nnc2c1-c1ccccc1N(C(=O)CC[C@@H](CCNC(=O)O[C@H]1CCCc3c(-c4ccc(CCN5C(=O)CC(SC)C5=O)cc4)nnc(C)c3CC1)CCN1C(=O)CC(SCCC(=O)NCC(C)(CC)CC)C1=O)Cc1ccccc1-2. The Hall–Kier alpha value is -6.93. The lowest BCUT2D eigenvalue weighted by molar-refractivity contribution is -0.139. The van der Waals surface area contributed by atoms with Gasteiger partial charge >= 0.3 is 6.09 Å². The van der Waals surface area contributed by atoms with Crippen molar-refractivity contribution in [3.05, 3.63) is 101 Å². The summed E-state index contributed by atoms with van der Waals surface area (Å²) in [5.41, 5.74) is 11.0. The Bertz CT molecular complexity index is 3220. The van der Waals surface area contributed by atoms with E-state index in [2.05, 4.69) is 51.9 Å². The number of carbonyl (C=O) groups excluding carboxylic acids is 7. The molecule has 2 N–H and O–H groups in total. The molecule has 2 fully saturated rings. The fourth-order valence-corrected chi connectivity index (χ4v) is 13.7. The van der Waals surface area contributed by atoms with Crippen LogP contribution in [-0.4, -0.2) is 131 Å². The first-order chi connectivity index (χ1) is 40.6. The van der Waals surface area contributed by atoms with Crippen molar-refractivity contribution >= 4 is 70.7 Å². The molecule has 84 heavy (non-hydrogen) atoms. The van der Waals surface area contributed by atoms with Gasteiger partial charge < -0.3 is 20.3 Å². The van der Waals surface area contributed by atoms with E-state index in [9.17, 15) is 33.6 Å². The van der Waals surface area contributed by atoms with Crippen LogP contribution in [0.3, 0.4) is 0 Å². The molecule has 0 radical (unpaired) electrons. The quantitative estimate of drug-likeness (QED) is 0.0550. The zero-order valence-electron chi connectivity index (χ0n) is 49.5. The van der Waals surface area contributed by atoms with Crippen molar-refractivity contribution in [3.8, 4) is 33.8 Å². The summed E-state index contributed by atoms with van der Waals surface area (Å²) >= 11 is 2.77. The maximum absolute atomic E-state index is 14.8. The maximum atomic E-state index is 14.8. The zero-order chi connectivity index (χ0) is 59.5. The highest BCUT2D eigenvalue weighted by Crippen LogP contribution is 2.42. The second kappa shape index (κ2) is 28.3. The molecule has 18 nitrogen and oxygen atoms in total. The molecular weight excluding hydrogens is 1100 g/mol. The Morgan fingerprint density at radius 1 is 0.762 bits per heavy atom. The number of anilines is 1. The number of alkyl carbamates (subject to hydrolysis) is 1. The Balaban J connectivity index is 0.829. The van der Waals surface area contributed by atoms with Gasteiger partial charge in [-0.2, -0.15) is 16.9 Å². The Labute approximate surface area is 501 Å². The number of imide groups is 2. The average Bonchev–Trinajstić information content (AvgIpc) is 3.18. The molecule has 20 heteroatoms. The van der Waals surface area contributed by atoms with Gasteiger partial charge in [0.2, 0.25) is 35.4 Å². The molecule has 2 unspecified atom stereocenters. The molecule has 5 aromatic rings. The summed E-state index contributed by atoms with van der Waals surface area (Å²) in [4.78, 5) is 98.2. The Kier molecular flexibility index (Phi) is 20.8. The van der Waals surface area contributed by atoms with Crippen molar-refractivity contribution in [2.45, 2.75) is 161 Å². The van der Waals surface area contributed by atoms with Crippen LogP contribution in [0.15, 0.2) is 72.8 Å². The number of amides is 7. The molecule has 3 aliphatic heterocycles. The van der Waals surface area contributed by atoms with Gasteiger partial charge in [0.1, 0.15) is 11.8 Å². The molecular formula is C64H80N10O8S2. The number of thioether (sulfide) groups is 2. The van der Waals surface area contributed by atoms with Crippen molar-refractivity contribution in [2.75, 3.05) is 43.1 Å². The lowest BCUT2D eigenvalue weighted by atomic mass is 9.85. The molecule has 3 aromatic carbocycles. The highest BCUT2D eigenvalue weighted by Gasteiger charge is 2.40. The summed E-state index contributed by atoms with van der Waals surface area (Å²) in [6.45, 7) is 12.7. The van der Waals surface area contributed by atoms with Crippen LogP contribution >= 0.6 is 23.5 Å². The van der Waals surface area contributed by atoms with Crippen molar-refractivity contribution in [1.29, 1.82) is 0 Å². The first-order valence-electron chi connectivity index (χ1n) is 30.0. The van der Waals surface area contributed by atoms with E-state index in [1.54, 1.807) is 0 Å². The lowest BCUT2D eigenvalue weighted by Gasteiger charge is -2.29. The van der Waals surface area contributed by atoms with Crippen LogP contribution in [0, 0.1) is 18.3 Å². The van der Waals surface area contributed by atoms with E-state index in [0.29, 0.717) is 76.9 Å². The molecule has 4 aliphatic rings. The molecule has 0 bridgehead atoms. The number of likely N-dealkylation sites (tertiary alicyclic amines) is 2. The number of nitrogens with one attached hydrogen (secondary N) is 2. The minimum Gasteiger partial charge on any atom is -0.446 e. The van der Waals surface area contributed by atoms with Crippen LogP contribution in [0.2, 0.25) is 0 Å². The molecule has 0 saturated carbocycles. The highest BCUT2D eigenvalue weighted by atomic mass is 32.2. The summed E-state index contributed by atoms with van der Waals surface area (Å²) in [6.07, 6.45) is 8.97. The normalized spacial score (nSPS) is 18.3. The zero-order valence-corrected chi connectivity index (χ0v) is 51.1. The fourth-order valence-electron chi connectivity index (χ4n) is 11.9. The third-order valence-electron chi connectivity index (χ3n) is 17.7. The molecule has 0 spiro atoms. The van der Waals surface area contributed by atoms with Gasteiger partial charge in [-0.3, -0.25) is 38.6 Å². The predicted molar refractivity (Wildman–Crippen MR) is 328 cm³/mol. The number of para-hydroxylation sites is 1. The van der Waals surface area contributed by atoms with E-state index >= 15 is 0 Å². The predicted octanol–water partition coefficient (Wildman–Crippen LogP) is 9.71. The van der Waals surface area contributed by atoms with Gasteiger partial charge in [0.05, 0.1) is 39.8 Å². The van der Waals surface area contributed by atoms with Crippen LogP contribution in [0.4, 0.5) is 10.5 Å². The number of carbonyl (C=O) groups is 7. The van der Waals surface area contributed by atoms with Gasteiger partial charge in [-0.05, 0) is 130 Å². The number of aromatic nitrogens is 5. The summed E-state index contributed by atoms with van der Waals surface area (Å²) in [6, 6.07) is 23.9. The molecule has 7 amide bonds. The minimum atomic E-state index is -0.569. The van der Waals surface area contributed by atoms with Gasteiger partial charge in [-0.25, -0.2) is 9.48 Å². The lowest BCUT2D eigenvalue weighted by Crippen LogP contribution is -2.35. The van der Waals surface area contributed by atoms with Crippen LogP contribution < -0.4 is 15.5 Å². The summed E-state index contributed by atoms with van der Waals surface area (Å²) in [5.74, 6) is -0.629. The first-order valence-corrected chi connectivity index (χ1v) is 32.4. The third kappa shape index (κ3) is 14.4. The van der Waals surface area contributed by atoms with Crippen LogP contribution in [-0.2, 0) is 65.9 Å². The average molecular weight is 1180 g/mol. The molecule has 5 heterocycles. The standard InChI is InChI=1S/C64H80N10O8S2/c1-7-64(5,8-2)40-66-54(75)32-36-84-53-38-57(78)72(62(53)80)35-31-43(23-28-55(76)73-39-45-15-10-11-17-48(45)59-60(74(9-3)70-69-59)50-18-12-13-20-51(50)73)29-33-65-63(81)82-46-16-14-19-49-47(27-26-46)41(4)67-68-58(49)44-24-21-42(22-25-44)30-34-71-56(77)37-52(83-6)61(71)79/h10-13,15,17-18,20-22,24-25,43,46,52-53H,7-9,14,16,19,23,26-40H2,1-6H3,(H,65,81)(H,66,75)/t43-,46-,52?,53?/m0/s1. The van der Waals surface area contributed by atoms with Gasteiger partial charge in [0, 0.05) is 80.9 Å². The van der Waals surface area contributed by atoms with Gasteiger partial charge in [0.25, 0.3) is 0 Å². The molecule has 446 valence electrons. The van der Waals surface area contributed by atoms with Crippen LogP contribution in [0.5, 0.6) is 0 Å². The second-order valence-corrected chi connectivity index (χ2v) is 25.3. The van der Waals surface area contributed by atoms with Gasteiger partial charge in [0.15, 0.2) is 0 Å². The highest BCUT2D eigenvalue weighted by molar-refractivity contribution is 8.00. The Morgan fingerprint density at radius 2 is 1.48 bits per heavy atom. The van der Waals surface area contributed by atoms with E-state index in [0.717, 1.165) is 93.1 Å². The van der Waals surface area contributed by atoms with Crippen molar-refractivity contribution in [2.24, 2.45) is 11.3 Å². The number of aryl methyl sites for hydroxylation is 2. The number of nitrogens with zero attached hydrogens (tertiary/aromatic N) is 8. The number of fused-ring (bicyclic) bond motifs is 6. The van der Waals surface area contributed by atoms with E-state index in [1.165, 1.54) is 33.3 Å². The summed E-state index contributed by atoms with van der Waals surface area (Å²) in [5, 5.41) is 23.5. The minimum absolute atomic E-state index is 0.0285. The Morgan fingerprint density at radius 3 is 2.21 bits per heavy atom. The second-order valence-electron chi connectivity index (χ2n) is 23.0. The number of benzene rings is 3. The smallest absolute Gasteiger partial charge is 0.407 e. The van der Waals surface area contributed by atoms with E-state index < -0.39 is 11.3 Å². The van der Waals surface area contributed by atoms with Crippen molar-refractivity contribution < 1.29 is 38.3 Å². The molecule has 2 saturated heterocycles. The number of hydrogen-bond donors (Lipinski definition) is 2. The largest absolute Gasteiger partial charge is 0.446 e. The van der Waals surface area contributed by atoms with E-state index in [1.807, 2.05) is 102 Å². The van der Waals surface area contributed by atoms with Crippen LogP contribution in [0.1, 0.15) is 133 Å². The van der Waals surface area contributed by atoms with Gasteiger partial charge in [-0.15, -0.1) is 22.0 Å². The topological polar surface area (TPSA) is 219 Å². The molecule has 2 aromatic heterocycles. The monoisotopic (exact) mass is 1180 g/mol. The van der Waals surface area contributed by atoms with Crippen LogP contribution in [0.25, 0.3) is 33.8 Å². The molecule has 1 aliphatic carbocycles. The van der Waals surface area contributed by atoms with E-state index in [-0.39, 0.29) is 96.9 Å². The maximum Gasteiger partial charge on any atom is 0.407 e. The third-order valence-corrected chi connectivity index (χ3v) is 19.8. The number of ether oxygens (including phenoxy) is 1.